The molecule has 2 rings (SSSR count). The summed E-state index contributed by atoms with van der Waals surface area (Å²) in [4.78, 5) is 12.3. The lowest BCUT2D eigenvalue weighted by Crippen LogP contribution is -2.15. The fourth-order valence-corrected chi connectivity index (χ4v) is 2.45. The molecule has 0 heterocycles. The zero-order valence-corrected chi connectivity index (χ0v) is 14.2. The highest BCUT2D eigenvalue weighted by Crippen LogP contribution is 2.21. The average Bonchev–Trinajstić information content (AvgIpc) is 2.50. The highest BCUT2D eigenvalue weighted by Gasteiger charge is 2.13. The average molecular weight is 373 g/mol. The van der Waals surface area contributed by atoms with Crippen molar-refractivity contribution in [3.05, 3.63) is 69.0 Å². The van der Waals surface area contributed by atoms with Crippen molar-refractivity contribution in [3.63, 3.8) is 0 Å². The lowest BCUT2D eigenvalue weighted by atomic mass is 10.1. The maximum atomic E-state index is 13.8. The Kier molecular flexibility index (Phi) is 5.30. The number of anilines is 1. The number of benzene rings is 2. The maximum absolute atomic E-state index is 13.8. The molecule has 2 aromatic rings. The van der Waals surface area contributed by atoms with Crippen LogP contribution in [-0.2, 0) is 4.79 Å². The minimum Gasteiger partial charge on any atom is -0.321 e. The van der Waals surface area contributed by atoms with Crippen LogP contribution >= 0.6 is 15.9 Å². The monoisotopic (exact) mass is 372 g/mol. The van der Waals surface area contributed by atoms with Crippen molar-refractivity contribution in [3.8, 4) is 6.07 Å². The Labute approximate surface area is 142 Å². The summed E-state index contributed by atoms with van der Waals surface area (Å²) in [7, 11) is 0. The third-order valence-corrected chi connectivity index (χ3v) is 3.84. The number of nitrogens with zero attached hydrogens (tertiary/aromatic N) is 1. The molecule has 0 bridgehead atoms. The van der Waals surface area contributed by atoms with Crippen LogP contribution in [0, 0.1) is 31.0 Å². The van der Waals surface area contributed by atoms with E-state index < -0.39 is 11.7 Å². The van der Waals surface area contributed by atoms with Crippen LogP contribution in [0.1, 0.15) is 16.7 Å². The molecule has 0 radical (unpaired) electrons. The molecule has 0 unspecified atom stereocenters. The number of para-hydroxylation sites is 1. The van der Waals surface area contributed by atoms with E-state index in [-0.39, 0.29) is 11.1 Å². The maximum Gasteiger partial charge on any atom is 0.266 e. The Morgan fingerprint density at radius 2 is 1.91 bits per heavy atom. The Morgan fingerprint density at radius 3 is 2.48 bits per heavy atom. The first-order valence-electron chi connectivity index (χ1n) is 6.87. The minimum absolute atomic E-state index is 0.158. The van der Waals surface area contributed by atoms with Crippen LogP contribution in [0.25, 0.3) is 6.08 Å². The SMILES string of the molecule is Cc1cccc(C)c1NC(=O)/C(C#N)=C/c1ccc(Br)cc1F. The number of aryl methyl sites for hydroxylation is 2. The lowest BCUT2D eigenvalue weighted by Gasteiger charge is -2.11. The molecule has 0 aliphatic rings. The van der Waals surface area contributed by atoms with Gasteiger partial charge in [-0.05, 0) is 43.2 Å². The van der Waals surface area contributed by atoms with Gasteiger partial charge < -0.3 is 5.32 Å². The first kappa shape index (κ1) is 16.9. The number of halogens is 2. The van der Waals surface area contributed by atoms with Crippen molar-refractivity contribution in [2.24, 2.45) is 0 Å². The molecule has 0 saturated carbocycles. The second-order valence-electron chi connectivity index (χ2n) is 5.06. The van der Waals surface area contributed by atoms with Gasteiger partial charge in [-0.2, -0.15) is 5.26 Å². The van der Waals surface area contributed by atoms with Crippen LogP contribution in [0.5, 0.6) is 0 Å². The van der Waals surface area contributed by atoms with Gasteiger partial charge in [-0.15, -0.1) is 0 Å². The molecule has 0 aliphatic heterocycles. The molecule has 1 amide bonds. The number of rotatable bonds is 3. The number of nitrogens with one attached hydrogen (secondary N) is 1. The highest BCUT2D eigenvalue weighted by atomic mass is 79.9. The quantitative estimate of drug-likeness (QED) is 0.624. The van der Waals surface area contributed by atoms with Crippen LogP contribution in [0.15, 0.2) is 46.4 Å². The second kappa shape index (κ2) is 7.21. The first-order valence-corrected chi connectivity index (χ1v) is 7.66. The molecule has 1 N–H and O–H groups in total. The molecule has 0 atom stereocenters. The summed E-state index contributed by atoms with van der Waals surface area (Å²) in [5, 5.41) is 11.9. The summed E-state index contributed by atoms with van der Waals surface area (Å²) in [5.74, 6) is -1.07. The van der Waals surface area contributed by atoms with E-state index in [9.17, 15) is 14.4 Å². The Hall–Kier alpha value is -2.45. The second-order valence-corrected chi connectivity index (χ2v) is 5.97. The summed E-state index contributed by atoms with van der Waals surface area (Å²) in [6.07, 6.45) is 1.24. The van der Waals surface area contributed by atoms with Crippen LogP contribution in [0.3, 0.4) is 0 Å². The molecule has 116 valence electrons. The third-order valence-electron chi connectivity index (χ3n) is 3.35. The molecular formula is C18H14BrFN2O. The summed E-state index contributed by atoms with van der Waals surface area (Å²) in [5.41, 5.74) is 2.47. The predicted octanol–water partition coefficient (Wildman–Crippen LogP) is 4.75. The summed E-state index contributed by atoms with van der Waals surface area (Å²) in [6, 6.07) is 11.9. The molecule has 3 nitrogen and oxygen atoms in total. The van der Waals surface area contributed by atoms with Gasteiger partial charge in [-0.25, -0.2) is 4.39 Å². The highest BCUT2D eigenvalue weighted by molar-refractivity contribution is 9.10. The zero-order chi connectivity index (χ0) is 17.0. The van der Waals surface area contributed by atoms with E-state index in [1.807, 2.05) is 38.1 Å². The van der Waals surface area contributed by atoms with Gasteiger partial charge in [0.25, 0.3) is 5.91 Å². The first-order chi connectivity index (χ1) is 10.9. The topological polar surface area (TPSA) is 52.9 Å². The Bertz CT molecular complexity index is 817. The molecule has 23 heavy (non-hydrogen) atoms. The van der Waals surface area contributed by atoms with Crippen molar-refractivity contribution in [1.29, 1.82) is 5.26 Å². The normalized spacial score (nSPS) is 11.0. The molecule has 2 aromatic carbocycles. The van der Waals surface area contributed by atoms with Crippen molar-refractivity contribution in [2.45, 2.75) is 13.8 Å². The number of carbonyl (C=O) groups excluding carboxylic acids is 1. The van der Waals surface area contributed by atoms with Crippen molar-refractivity contribution >= 4 is 33.6 Å². The molecule has 0 aromatic heterocycles. The third kappa shape index (κ3) is 4.05. The van der Waals surface area contributed by atoms with Gasteiger partial charge >= 0.3 is 0 Å². The van der Waals surface area contributed by atoms with Gasteiger partial charge in [0.2, 0.25) is 0 Å². The van der Waals surface area contributed by atoms with Crippen LogP contribution in [0.4, 0.5) is 10.1 Å². The van der Waals surface area contributed by atoms with Gasteiger partial charge in [0, 0.05) is 15.7 Å². The van der Waals surface area contributed by atoms with Gasteiger partial charge in [0.1, 0.15) is 17.5 Å². The van der Waals surface area contributed by atoms with E-state index in [2.05, 4.69) is 21.2 Å². The number of carbonyl (C=O) groups is 1. The van der Waals surface area contributed by atoms with Gasteiger partial charge in [-0.1, -0.05) is 40.2 Å². The molecule has 5 heteroatoms. The van der Waals surface area contributed by atoms with Crippen LogP contribution in [-0.4, -0.2) is 5.91 Å². The van der Waals surface area contributed by atoms with Crippen molar-refractivity contribution in [2.75, 3.05) is 5.32 Å². The number of hydrogen-bond donors (Lipinski definition) is 1. The molecule has 0 spiro atoms. The van der Waals surface area contributed by atoms with Crippen molar-refractivity contribution in [1.82, 2.24) is 0 Å². The number of nitriles is 1. The fourth-order valence-electron chi connectivity index (χ4n) is 2.12. The molecule has 0 saturated heterocycles. The smallest absolute Gasteiger partial charge is 0.266 e. The summed E-state index contributed by atoms with van der Waals surface area (Å²) in [6.45, 7) is 3.74. The van der Waals surface area contributed by atoms with E-state index in [4.69, 9.17) is 0 Å². The molecule has 0 fully saturated rings. The van der Waals surface area contributed by atoms with E-state index in [0.29, 0.717) is 10.2 Å². The van der Waals surface area contributed by atoms with Crippen LogP contribution in [0.2, 0.25) is 0 Å². The standard InChI is InChI=1S/C18H14BrFN2O/c1-11-4-3-5-12(2)17(11)22-18(23)14(10-21)8-13-6-7-15(19)9-16(13)20/h3-9H,1-2H3,(H,22,23)/b14-8+. The van der Waals surface area contributed by atoms with Gasteiger partial charge in [-0.3, -0.25) is 4.79 Å². The number of hydrogen-bond acceptors (Lipinski definition) is 2. The summed E-state index contributed by atoms with van der Waals surface area (Å²) >= 11 is 3.16. The lowest BCUT2D eigenvalue weighted by molar-refractivity contribution is -0.112. The summed E-state index contributed by atoms with van der Waals surface area (Å²) < 4.78 is 14.4. The van der Waals surface area contributed by atoms with Crippen molar-refractivity contribution < 1.29 is 9.18 Å². The largest absolute Gasteiger partial charge is 0.321 e. The molecular weight excluding hydrogens is 359 g/mol. The van der Waals surface area contributed by atoms with Gasteiger partial charge in [0.05, 0.1) is 0 Å². The fraction of sp³-hybridized carbons (Fsp3) is 0.111. The Morgan fingerprint density at radius 1 is 1.26 bits per heavy atom. The van der Waals surface area contributed by atoms with E-state index in [1.54, 1.807) is 6.07 Å². The molecule has 0 aliphatic carbocycles. The van der Waals surface area contributed by atoms with E-state index in [0.717, 1.165) is 11.1 Å². The zero-order valence-electron chi connectivity index (χ0n) is 12.7. The van der Waals surface area contributed by atoms with E-state index in [1.165, 1.54) is 18.2 Å². The number of amides is 1. The predicted molar refractivity (Wildman–Crippen MR) is 92.2 cm³/mol. The Balaban J connectivity index is 2.32. The van der Waals surface area contributed by atoms with E-state index >= 15 is 0 Å². The van der Waals surface area contributed by atoms with Crippen LogP contribution < -0.4 is 5.32 Å². The minimum atomic E-state index is -0.563. The van der Waals surface area contributed by atoms with Gasteiger partial charge in [0.15, 0.2) is 0 Å².